The average Bonchev–Trinajstić information content (AvgIpc) is 2.74. The lowest BCUT2D eigenvalue weighted by Crippen LogP contribution is -2.50. The highest BCUT2D eigenvalue weighted by Gasteiger charge is 2.22. The molecule has 0 unspecified atom stereocenters. The third kappa shape index (κ3) is 1.40. The van der Waals surface area contributed by atoms with Crippen molar-refractivity contribution in [1.29, 1.82) is 0 Å². The summed E-state index contributed by atoms with van der Waals surface area (Å²) in [6, 6.07) is 8.92. The summed E-state index contributed by atoms with van der Waals surface area (Å²) in [6.07, 6.45) is 0. The van der Waals surface area contributed by atoms with E-state index in [2.05, 4.69) is 20.6 Å². The van der Waals surface area contributed by atoms with Crippen LogP contribution in [0.4, 0.5) is 0 Å². The zero-order valence-electron chi connectivity index (χ0n) is 8.33. The third-order valence-electron chi connectivity index (χ3n) is 2.15. The zero-order valence-corrected chi connectivity index (χ0v) is 8.33. The standard InChI is InChI=1S/C8H5N7O2/c16-14-7-8(10-15(17)12-14)13(11-9-7)6-4-2-1-3-5-6/h1-5H. The van der Waals surface area contributed by atoms with E-state index in [0.29, 0.717) is 5.69 Å². The van der Waals surface area contributed by atoms with Crippen molar-refractivity contribution >= 4 is 11.3 Å². The lowest BCUT2D eigenvalue weighted by atomic mass is 10.3. The molecule has 0 aliphatic rings. The van der Waals surface area contributed by atoms with Crippen molar-refractivity contribution in [1.82, 2.24) is 25.3 Å². The molecule has 3 aromatic rings. The maximum absolute atomic E-state index is 11.3. The third-order valence-corrected chi connectivity index (χ3v) is 2.15. The van der Waals surface area contributed by atoms with Gasteiger partial charge in [0, 0.05) is 4.85 Å². The highest BCUT2D eigenvalue weighted by molar-refractivity contribution is 5.62. The van der Waals surface area contributed by atoms with Gasteiger partial charge in [0.2, 0.25) is 0 Å². The number of nitrogens with zero attached hydrogens (tertiary/aromatic N) is 7. The Morgan fingerprint density at radius 3 is 2.65 bits per heavy atom. The van der Waals surface area contributed by atoms with Gasteiger partial charge in [0.05, 0.1) is 10.8 Å². The molecular weight excluding hydrogens is 226 g/mol. The van der Waals surface area contributed by atoms with Crippen LogP contribution in [0, 0.1) is 10.4 Å². The molecule has 0 amide bonds. The van der Waals surface area contributed by atoms with Crippen molar-refractivity contribution in [3.05, 3.63) is 40.7 Å². The minimum Gasteiger partial charge on any atom is -0.588 e. The van der Waals surface area contributed by atoms with E-state index in [0.717, 1.165) is 0 Å². The molecule has 0 fully saturated rings. The molecule has 9 heteroatoms. The number of rotatable bonds is 1. The Morgan fingerprint density at radius 1 is 1.12 bits per heavy atom. The summed E-state index contributed by atoms with van der Waals surface area (Å²) >= 11 is 0. The van der Waals surface area contributed by atoms with Crippen molar-refractivity contribution in [2.75, 3.05) is 0 Å². The quantitative estimate of drug-likeness (QED) is 0.371. The van der Waals surface area contributed by atoms with Gasteiger partial charge in [-0.15, -0.1) is 0 Å². The molecule has 0 atom stereocenters. The first kappa shape index (κ1) is 9.39. The SMILES string of the molecule is [O-][n+]1nc2c(nnn2-c2ccccc2)[n+]([O-])n1. The Balaban J connectivity index is 2.32. The predicted molar refractivity (Wildman–Crippen MR) is 52.4 cm³/mol. The van der Waals surface area contributed by atoms with E-state index >= 15 is 0 Å². The lowest BCUT2D eigenvalue weighted by molar-refractivity contribution is -0.864. The summed E-state index contributed by atoms with van der Waals surface area (Å²) in [6.45, 7) is 0. The summed E-state index contributed by atoms with van der Waals surface area (Å²) in [5, 5.41) is 36.2. The fourth-order valence-electron chi connectivity index (χ4n) is 1.44. The fraction of sp³-hybridized carbons (Fsp3) is 0. The normalized spacial score (nSPS) is 10.8. The molecule has 0 spiro atoms. The van der Waals surface area contributed by atoms with E-state index in [4.69, 9.17) is 0 Å². The van der Waals surface area contributed by atoms with E-state index < -0.39 is 0 Å². The van der Waals surface area contributed by atoms with Gasteiger partial charge >= 0.3 is 16.5 Å². The Labute approximate surface area is 93.7 Å². The first-order valence-electron chi connectivity index (χ1n) is 4.64. The molecule has 0 aliphatic heterocycles. The van der Waals surface area contributed by atoms with Crippen LogP contribution in [0.2, 0.25) is 0 Å². The topological polar surface area (TPSA) is 110 Å². The van der Waals surface area contributed by atoms with Crippen LogP contribution in [-0.2, 0) is 0 Å². The number of benzene rings is 1. The number of para-hydroxylation sites is 1. The van der Waals surface area contributed by atoms with Crippen molar-refractivity contribution in [3.63, 3.8) is 0 Å². The van der Waals surface area contributed by atoms with Gasteiger partial charge in [-0.3, -0.25) is 0 Å². The number of hydrogen-bond donors (Lipinski definition) is 0. The van der Waals surface area contributed by atoms with Crippen LogP contribution in [0.25, 0.3) is 17.0 Å². The molecule has 2 heterocycles. The van der Waals surface area contributed by atoms with Gasteiger partial charge in [-0.25, -0.2) is 0 Å². The molecule has 0 saturated heterocycles. The number of fused-ring (bicyclic) bond motifs is 1. The second-order valence-corrected chi connectivity index (χ2v) is 3.20. The minimum atomic E-state index is -0.110. The maximum Gasteiger partial charge on any atom is 0.417 e. The molecule has 17 heavy (non-hydrogen) atoms. The van der Waals surface area contributed by atoms with Crippen molar-refractivity contribution in [2.45, 2.75) is 0 Å². The molecular formula is C8H5N7O2. The average molecular weight is 231 g/mol. The predicted octanol–water partition coefficient (Wildman–Crippen LogP) is -1.52. The molecule has 1 aromatic carbocycles. The van der Waals surface area contributed by atoms with Crippen LogP contribution < -0.4 is 9.80 Å². The van der Waals surface area contributed by atoms with E-state index in [1.165, 1.54) is 4.68 Å². The number of hydrogen-bond acceptors (Lipinski definition) is 6. The molecule has 0 radical (unpaired) electrons. The Morgan fingerprint density at radius 2 is 1.88 bits per heavy atom. The first-order valence-corrected chi connectivity index (χ1v) is 4.64. The lowest BCUT2D eigenvalue weighted by Gasteiger charge is -1.97. The van der Waals surface area contributed by atoms with Crippen LogP contribution in [0.15, 0.2) is 30.3 Å². The van der Waals surface area contributed by atoms with Gasteiger partial charge in [0.15, 0.2) is 0 Å². The van der Waals surface area contributed by atoms with Crippen LogP contribution in [0.5, 0.6) is 0 Å². The van der Waals surface area contributed by atoms with E-state index in [-0.39, 0.29) is 21.1 Å². The Kier molecular flexibility index (Phi) is 1.84. The minimum absolute atomic E-state index is 0.0520. The first-order chi connectivity index (χ1) is 8.25. The van der Waals surface area contributed by atoms with Crippen LogP contribution in [-0.4, -0.2) is 25.3 Å². The molecule has 9 nitrogen and oxygen atoms in total. The van der Waals surface area contributed by atoms with Gasteiger partial charge in [0.1, 0.15) is 4.96 Å². The van der Waals surface area contributed by atoms with Crippen molar-refractivity contribution < 1.29 is 9.80 Å². The second-order valence-electron chi connectivity index (χ2n) is 3.20. The zero-order chi connectivity index (χ0) is 11.8. The molecule has 84 valence electrons. The summed E-state index contributed by atoms with van der Waals surface area (Å²) in [7, 11) is 0. The molecule has 2 aromatic heterocycles. The monoisotopic (exact) mass is 231 g/mol. The second kappa shape index (κ2) is 3.33. The number of aromatic nitrogens is 7. The van der Waals surface area contributed by atoms with E-state index in [9.17, 15) is 10.4 Å². The smallest absolute Gasteiger partial charge is 0.417 e. The van der Waals surface area contributed by atoms with Gasteiger partial charge in [-0.05, 0) is 12.1 Å². The van der Waals surface area contributed by atoms with Crippen LogP contribution >= 0.6 is 0 Å². The molecule has 0 aliphatic carbocycles. The Bertz CT molecular complexity index is 681. The largest absolute Gasteiger partial charge is 0.588 e. The van der Waals surface area contributed by atoms with E-state index in [1.807, 2.05) is 6.07 Å². The summed E-state index contributed by atoms with van der Waals surface area (Å²) in [5.74, 6) is 0. The maximum atomic E-state index is 11.3. The van der Waals surface area contributed by atoms with E-state index in [1.54, 1.807) is 24.3 Å². The summed E-state index contributed by atoms with van der Waals surface area (Å²) < 4.78 is 1.29. The fourth-order valence-corrected chi connectivity index (χ4v) is 1.44. The van der Waals surface area contributed by atoms with Gasteiger partial charge in [0.25, 0.3) is 0 Å². The van der Waals surface area contributed by atoms with Crippen molar-refractivity contribution in [3.8, 4) is 5.69 Å². The van der Waals surface area contributed by atoms with Gasteiger partial charge in [-0.1, -0.05) is 28.5 Å². The molecule has 0 N–H and O–H groups in total. The van der Waals surface area contributed by atoms with Gasteiger partial charge < -0.3 is 10.4 Å². The Hall–Kier alpha value is -2.84. The van der Waals surface area contributed by atoms with Gasteiger partial charge in [-0.2, -0.15) is 4.68 Å². The molecule has 3 rings (SSSR count). The highest BCUT2D eigenvalue weighted by Crippen LogP contribution is 2.09. The summed E-state index contributed by atoms with van der Waals surface area (Å²) in [5.41, 5.74) is 0.589. The van der Waals surface area contributed by atoms with Crippen molar-refractivity contribution in [2.24, 2.45) is 0 Å². The summed E-state index contributed by atoms with van der Waals surface area (Å²) in [4.78, 5) is 0.0138. The molecule has 0 saturated carbocycles. The van der Waals surface area contributed by atoms with Crippen LogP contribution in [0.1, 0.15) is 0 Å². The van der Waals surface area contributed by atoms with Crippen LogP contribution in [0.3, 0.4) is 0 Å². The highest BCUT2D eigenvalue weighted by atomic mass is 16.6. The molecule has 0 bridgehead atoms.